The number of imidazole rings is 2. The highest BCUT2D eigenvalue weighted by molar-refractivity contribution is 5.92. The molecule has 0 aliphatic rings. The van der Waals surface area contributed by atoms with Crippen LogP contribution in [0, 0.1) is 6.92 Å². The molecular formula is C31H22N4. The minimum atomic E-state index is 0.912. The largest absolute Gasteiger partial charge is 0.278 e. The maximum absolute atomic E-state index is 5.02. The van der Waals surface area contributed by atoms with Crippen LogP contribution in [0.3, 0.4) is 0 Å². The van der Waals surface area contributed by atoms with E-state index in [1.165, 1.54) is 5.56 Å². The number of para-hydroxylation sites is 2. The number of aryl methyl sites for hydroxylation is 1. The molecule has 0 bridgehead atoms. The molecule has 35 heavy (non-hydrogen) atoms. The van der Waals surface area contributed by atoms with Crippen molar-refractivity contribution in [3.63, 3.8) is 0 Å². The number of pyridine rings is 1. The summed E-state index contributed by atoms with van der Waals surface area (Å²) in [6, 6.07) is 40.0. The minimum absolute atomic E-state index is 0.912. The minimum Gasteiger partial charge on any atom is -0.278 e. The Bertz CT molecular complexity index is 1860. The van der Waals surface area contributed by atoms with E-state index in [1.54, 1.807) is 0 Å². The van der Waals surface area contributed by atoms with Crippen molar-refractivity contribution < 1.29 is 0 Å². The second kappa shape index (κ2) is 7.67. The van der Waals surface area contributed by atoms with Crippen molar-refractivity contribution in [3.8, 4) is 28.2 Å². The van der Waals surface area contributed by atoms with Crippen LogP contribution in [0.5, 0.6) is 0 Å². The highest BCUT2D eigenvalue weighted by atomic mass is 15.2. The monoisotopic (exact) mass is 450 g/mol. The van der Waals surface area contributed by atoms with Gasteiger partial charge in [0.2, 0.25) is 5.78 Å². The third kappa shape index (κ3) is 3.15. The van der Waals surface area contributed by atoms with Gasteiger partial charge in [-0.1, -0.05) is 66.7 Å². The van der Waals surface area contributed by atoms with Gasteiger partial charge < -0.3 is 0 Å². The van der Waals surface area contributed by atoms with Crippen LogP contribution in [-0.4, -0.2) is 18.9 Å². The van der Waals surface area contributed by atoms with Crippen molar-refractivity contribution in [3.05, 3.63) is 121 Å². The Kier molecular flexibility index (Phi) is 4.33. The Labute approximate surface area is 202 Å². The van der Waals surface area contributed by atoms with Crippen molar-refractivity contribution in [2.75, 3.05) is 0 Å². The average molecular weight is 451 g/mol. The summed E-state index contributed by atoms with van der Waals surface area (Å²) in [4.78, 5) is 10.0. The Hall–Kier alpha value is -4.70. The van der Waals surface area contributed by atoms with E-state index in [2.05, 4.69) is 107 Å². The number of hydrogen-bond acceptors (Lipinski definition) is 2. The van der Waals surface area contributed by atoms with Crippen molar-refractivity contribution in [1.29, 1.82) is 0 Å². The van der Waals surface area contributed by atoms with Crippen LogP contribution in [0.4, 0.5) is 0 Å². The first-order valence-electron chi connectivity index (χ1n) is 11.8. The quantitative estimate of drug-likeness (QED) is 0.280. The predicted octanol–water partition coefficient (Wildman–Crippen LogP) is 7.47. The molecule has 0 fully saturated rings. The fourth-order valence-electron chi connectivity index (χ4n) is 4.93. The van der Waals surface area contributed by atoms with E-state index in [0.717, 1.165) is 56.0 Å². The predicted molar refractivity (Wildman–Crippen MR) is 143 cm³/mol. The van der Waals surface area contributed by atoms with Crippen LogP contribution in [0.1, 0.15) is 5.56 Å². The lowest BCUT2D eigenvalue weighted by Crippen LogP contribution is -1.96. The zero-order valence-corrected chi connectivity index (χ0v) is 19.3. The van der Waals surface area contributed by atoms with E-state index in [0.29, 0.717) is 0 Å². The topological polar surface area (TPSA) is 35.1 Å². The van der Waals surface area contributed by atoms with Gasteiger partial charge in [-0.3, -0.25) is 8.97 Å². The van der Waals surface area contributed by atoms with Gasteiger partial charge in [0.05, 0.1) is 33.5 Å². The molecule has 0 atom stereocenters. The number of aromatic nitrogens is 4. The van der Waals surface area contributed by atoms with E-state index in [9.17, 15) is 0 Å². The lowest BCUT2D eigenvalue weighted by atomic mass is 10.1. The number of hydrogen-bond donors (Lipinski definition) is 0. The van der Waals surface area contributed by atoms with Gasteiger partial charge in [-0.25, -0.2) is 9.97 Å². The fourth-order valence-corrected chi connectivity index (χ4v) is 4.93. The normalized spacial score (nSPS) is 11.6. The number of benzene rings is 4. The molecule has 3 heterocycles. The molecule has 7 rings (SSSR count). The van der Waals surface area contributed by atoms with Crippen LogP contribution >= 0.6 is 0 Å². The smallest absolute Gasteiger partial charge is 0.220 e. The summed E-state index contributed by atoms with van der Waals surface area (Å²) in [6.45, 7) is 2.13. The molecular weight excluding hydrogens is 428 g/mol. The lowest BCUT2D eigenvalue weighted by Gasteiger charge is -2.09. The molecule has 4 heteroatoms. The molecule has 0 unspecified atom stereocenters. The van der Waals surface area contributed by atoms with Crippen molar-refractivity contribution in [1.82, 2.24) is 18.9 Å². The second-order valence-electron chi connectivity index (χ2n) is 8.89. The van der Waals surface area contributed by atoms with E-state index in [-0.39, 0.29) is 0 Å². The van der Waals surface area contributed by atoms with Crippen LogP contribution in [-0.2, 0) is 0 Å². The average Bonchev–Trinajstić information content (AvgIpc) is 3.44. The van der Waals surface area contributed by atoms with Gasteiger partial charge in [0, 0.05) is 16.8 Å². The van der Waals surface area contributed by atoms with Gasteiger partial charge in [0.1, 0.15) is 0 Å². The molecule has 4 nitrogen and oxygen atoms in total. The van der Waals surface area contributed by atoms with Gasteiger partial charge >= 0.3 is 0 Å². The number of fused-ring (bicyclic) bond motifs is 5. The third-order valence-corrected chi connectivity index (χ3v) is 6.57. The summed E-state index contributed by atoms with van der Waals surface area (Å²) in [6.07, 6.45) is 0. The number of rotatable bonds is 3. The van der Waals surface area contributed by atoms with E-state index in [1.807, 2.05) is 24.3 Å². The molecule has 0 saturated heterocycles. The molecule has 7 aromatic rings. The third-order valence-electron chi connectivity index (χ3n) is 6.57. The molecule has 3 aromatic heterocycles. The fraction of sp³-hybridized carbons (Fsp3) is 0.0323. The molecule has 0 amide bonds. The Morgan fingerprint density at radius 3 is 2.17 bits per heavy atom. The molecule has 0 saturated carbocycles. The maximum Gasteiger partial charge on any atom is 0.220 e. The summed E-state index contributed by atoms with van der Waals surface area (Å²) < 4.78 is 4.51. The SMILES string of the molecule is Cc1ccc2c(c1)n1c3ccccc3nc1n2-c1cccc(-c2cccc(-c3ccccc3)n2)c1. The van der Waals surface area contributed by atoms with Gasteiger partial charge in [-0.15, -0.1) is 0 Å². The van der Waals surface area contributed by atoms with Crippen LogP contribution in [0.15, 0.2) is 115 Å². The highest BCUT2D eigenvalue weighted by Crippen LogP contribution is 2.31. The molecule has 0 radical (unpaired) electrons. The van der Waals surface area contributed by atoms with E-state index >= 15 is 0 Å². The van der Waals surface area contributed by atoms with Crippen LogP contribution < -0.4 is 0 Å². The number of nitrogens with zero attached hydrogens (tertiary/aromatic N) is 4. The lowest BCUT2D eigenvalue weighted by molar-refractivity contribution is 1.11. The first-order chi connectivity index (χ1) is 17.3. The summed E-state index contributed by atoms with van der Waals surface area (Å²) in [7, 11) is 0. The van der Waals surface area contributed by atoms with Gasteiger partial charge in [0.25, 0.3) is 0 Å². The Morgan fingerprint density at radius 1 is 0.543 bits per heavy atom. The molecule has 0 N–H and O–H groups in total. The summed E-state index contributed by atoms with van der Waals surface area (Å²) >= 11 is 0. The van der Waals surface area contributed by atoms with Crippen LogP contribution in [0.25, 0.3) is 56.0 Å². The standard InChI is InChI=1S/C31H22N4/c1-21-17-18-29-30(19-21)35-28-16-6-5-13-27(28)33-31(35)34(29)24-12-7-11-23(20-24)26-15-8-14-25(32-26)22-9-3-2-4-10-22/h2-20H,1H3. The van der Waals surface area contributed by atoms with E-state index < -0.39 is 0 Å². The van der Waals surface area contributed by atoms with Crippen molar-refractivity contribution in [2.45, 2.75) is 6.92 Å². The highest BCUT2D eigenvalue weighted by Gasteiger charge is 2.17. The molecule has 0 spiro atoms. The Balaban J connectivity index is 1.45. The molecule has 0 aliphatic carbocycles. The van der Waals surface area contributed by atoms with Crippen molar-refractivity contribution >= 4 is 27.8 Å². The summed E-state index contributed by atoms with van der Waals surface area (Å²) in [5.41, 5.74) is 10.8. The zero-order chi connectivity index (χ0) is 23.4. The molecule has 166 valence electrons. The zero-order valence-electron chi connectivity index (χ0n) is 19.3. The van der Waals surface area contributed by atoms with Crippen molar-refractivity contribution in [2.24, 2.45) is 0 Å². The van der Waals surface area contributed by atoms with Crippen LogP contribution in [0.2, 0.25) is 0 Å². The first kappa shape index (κ1) is 19.7. The Morgan fingerprint density at radius 2 is 1.29 bits per heavy atom. The van der Waals surface area contributed by atoms with Gasteiger partial charge in [0.15, 0.2) is 0 Å². The summed E-state index contributed by atoms with van der Waals surface area (Å²) in [5.74, 6) is 0.912. The van der Waals surface area contributed by atoms with E-state index in [4.69, 9.17) is 9.97 Å². The maximum atomic E-state index is 5.02. The first-order valence-corrected chi connectivity index (χ1v) is 11.8. The summed E-state index contributed by atoms with van der Waals surface area (Å²) in [5, 5.41) is 0. The second-order valence-corrected chi connectivity index (χ2v) is 8.89. The van der Waals surface area contributed by atoms with Gasteiger partial charge in [-0.2, -0.15) is 0 Å². The molecule has 4 aromatic carbocycles. The molecule has 0 aliphatic heterocycles. The van der Waals surface area contributed by atoms with Gasteiger partial charge in [-0.05, 0) is 61.0 Å².